The lowest BCUT2D eigenvalue weighted by Gasteiger charge is -2.30. The fourth-order valence-electron chi connectivity index (χ4n) is 8.05. The molecule has 0 saturated carbocycles. The van der Waals surface area contributed by atoms with E-state index in [9.17, 15) is 43.7 Å². The molecule has 2 aliphatic rings. The summed E-state index contributed by atoms with van der Waals surface area (Å²) in [5.74, 6) is -1.41. The van der Waals surface area contributed by atoms with Gasteiger partial charge in [-0.25, -0.2) is 0 Å². The molecule has 0 fully saturated rings. The van der Waals surface area contributed by atoms with Gasteiger partial charge in [0.2, 0.25) is 5.69 Å². The van der Waals surface area contributed by atoms with Gasteiger partial charge >= 0.3 is 5.97 Å². The number of fused-ring (bicyclic) bond motifs is 2. The van der Waals surface area contributed by atoms with Crippen molar-refractivity contribution in [1.29, 1.82) is 0 Å². The number of hydrogen-bond donors (Lipinski definition) is 4. The van der Waals surface area contributed by atoms with E-state index < -0.39 is 52.9 Å². The summed E-state index contributed by atoms with van der Waals surface area (Å²) >= 11 is 0. The molecule has 0 aliphatic carbocycles. The molecule has 0 aromatic heterocycles. The van der Waals surface area contributed by atoms with Crippen molar-refractivity contribution in [2.24, 2.45) is 0 Å². The molecule has 2 aromatic rings. The van der Waals surface area contributed by atoms with Gasteiger partial charge in [0.25, 0.3) is 30.4 Å². The Balaban J connectivity index is 1.66. The van der Waals surface area contributed by atoms with Gasteiger partial charge in [0, 0.05) is 67.6 Å². The summed E-state index contributed by atoms with van der Waals surface area (Å²) in [6, 6.07) is 8.85. The third-order valence-corrected chi connectivity index (χ3v) is 13.7. The highest BCUT2D eigenvalue weighted by molar-refractivity contribution is 7.86. The van der Waals surface area contributed by atoms with Crippen molar-refractivity contribution >= 4 is 53.4 Å². The number of allylic oxidation sites excluding steroid dienone is 8. The second kappa shape index (κ2) is 22.0. The van der Waals surface area contributed by atoms with Crippen molar-refractivity contribution in [3.8, 4) is 0 Å². The van der Waals surface area contributed by atoms with Crippen molar-refractivity contribution in [1.82, 2.24) is 0 Å². The lowest BCUT2D eigenvalue weighted by Crippen LogP contribution is -2.32. The van der Waals surface area contributed by atoms with Crippen molar-refractivity contribution in [2.75, 3.05) is 63.9 Å². The zero-order valence-corrected chi connectivity index (χ0v) is 38.1. The Morgan fingerprint density at radius 3 is 1.98 bits per heavy atom. The van der Waals surface area contributed by atoms with E-state index >= 15 is 0 Å². The molecule has 2 heterocycles. The first-order valence-corrected chi connectivity index (χ1v) is 24.9. The molecule has 19 heteroatoms. The average molecular weight is 924 g/mol. The maximum absolute atomic E-state index is 12.2. The van der Waals surface area contributed by atoms with Crippen LogP contribution in [0.4, 0.5) is 11.4 Å². The highest BCUT2D eigenvalue weighted by Crippen LogP contribution is 2.50. The third kappa shape index (κ3) is 13.2. The number of likely N-dealkylation sites (N-methyl/N-ethyl adjacent to an activating group) is 1. The van der Waals surface area contributed by atoms with E-state index in [0.717, 1.165) is 22.7 Å². The van der Waals surface area contributed by atoms with Gasteiger partial charge in [-0.1, -0.05) is 30.4 Å². The molecule has 2 aliphatic heterocycles. The highest BCUT2D eigenvalue weighted by atomic mass is 32.2. The number of anilines is 1. The third-order valence-electron chi connectivity index (χ3n) is 11.2. The zero-order valence-electron chi connectivity index (χ0n) is 35.6. The van der Waals surface area contributed by atoms with Gasteiger partial charge in [-0.3, -0.25) is 18.5 Å². The number of unbranched alkanes of at least 4 members (excludes halogenated alkanes) is 2. The van der Waals surface area contributed by atoms with E-state index in [1.807, 2.05) is 49.7 Å². The average Bonchev–Trinajstić information content (AvgIpc) is 3.56. The van der Waals surface area contributed by atoms with Crippen LogP contribution in [0.3, 0.4) is 0 Å². The van der Waals surface area contributed by atoms with Crippen molar-refractivity contribution in [3.63, 3.8) is 0 Å². The number of carboxylic acid groups (broad SMARTS) is 1. The lowest BCUT2D eigenvalue weighted by atomic mass is 9.76. The van der Waals surface area contributed by atoms with E-state index in [1.54, 1.807) is 37.5 Å². The standard InChI is InChI=1S/C43H58N2O14S3/c1-5-44-37-20-18-33(61(51,52)53)31-35(37)43(3,23-25-58-28-29-59-27-26-57-4)39(44)15-10-7-6-8-11-16-40-42(2,22-14-30-60(48,49)50)36-32-34(62(54,55)56)19-21-38(36)45(40)24-13-9-12-17-41(46)47/h6-8,10-11,15-16,18-21,31-32H,5,9,12-14,17,22-30H2,1-4H3,(H3-,46,47,48,49,50,51,52,53,54,55,56)/p+1. The summed E-state index contributed by atoms with van der Waals surface area (Å²) in [7, 11) is -11.7. The molecule has 0 amide bonds. The summed E-state index contributed by atoms with van der Waals surface area (Å²) in [6.45, 7) is 8.87. The van der Waals surface area contributed by atoms with Gasteiger partial charge in [0.05, 0.1) is 47.4 Å². The number of hydrogen-bond acceptors (Lipinski definition) is 11. The van der Waals surface area contributed by atoms with Crippen molar-refractivity contribution in [3.05, 3.63) is 95.8 Å². The number of ether oxygens (including phenoxy) is 3. The van der Waals surface area contributed by atoms with E-state index in [-0.39, 0.29) is 29.1 Å². The Labute approximate surface area is 365 Å². The van der Waals surface area contributed by atoms with Crippen LogP contribution in [0.15, 0.2) is 94.4 Å². The first-order chi connectivity index (χ1) is 29.2. The van der Waals surface area contributed by atoms with Crippen LogP contribution in [0, 0.1) is 0 Å². The van der Waals surface area contributed by atoms with Crippen molar-refractivity contribution in [2.45, 2.75) is 86.3 Å². The molecule has 62 heavy (non-hydrogen) atoms. The molecule has 16 nitrogen and oxygen atoms in total. The number of methoxy groups -OCH3 is 1. The van der Waals surface area contributed by atoms with Crippen LogP contribution >= 0.6 is 0 Å². The second-order valence-corrected chi connectivity index (χ2v) is 19.9. The van der Waals surface area contributed by atoms with Crippen LogP contribution in [0.25, 0.3) is 0 Å². The van der Waals surface area contributed by atoms with Crippen LogP contribution in [-0.2, 0) is 60.2 Å². The monoisotopic (exact) mass is 923 g/mol. The number of carboxylic acids is 1. The summed E-state index contributed by atoms with van der Waals surface area (Å²) in [6.07, 6.45) is 15.3. The minimum Gasteiger partial charge on any atom is -0.481 e. The van der Waals surface area contributed by atoms with Crippen LogP contribution in [0.2, 0.25) is 0 Å². The molecule has 0 saturated heterocycles. The van der Waals surface area contributed by atoms with Crippen LogP contribution in [0.1, 0.15) is 76.8 Å². The molecule has 2 atom stereocenters. The van der Waals surface area contributed by atoms with Gasteiger partial charge < -0.3 is 24.2 Å². The molecular formula is C43H59N2O14S3+. The molecule has 0 radical (unpaired) electrons. The van der Waals surface area contributed by atoms with Gasteiger partial charge in [-0.15, -0.1) is 0 Å². The predicted octanol–water partition coefficient (Wildman–Crippen LogP) is 6.27. The smallest absolute Gasteiger partial charge is 0.303 e. The quantitative estimate of drug-likeness (QED) is 0.0352. The molecular weight excluding hydrogens is 865 g/mol. The summed E-state index contributed by atoms with van der Waals surface area (Å²) in [4.78, 5) is 12.7. The molecule has 0 spiro atoms. The first kappa shape index (κ1) is 50.6. The Kier molecular flexibility index (Phi) is 18.0. The topological polar surface area (TPSA) is 234 Å². The number of carbonyl (C=O) groups is 1. The first-order valence-electron chi connectivity index (χ1n) is 20.4. The summed E-state index contributed by atoms with van der Waals surface area (Å²) < 4.78 is 120. The van der Waals surface area contributed by atoms with Crippen molar-refractivity contribution < 1.29 is 67.6 Å². The minimum absolute atomic E-state index is 0.0189. The molecule has 4 rings (SSSR count). The highest BCUT2D eigenvalue weighted by Gasteiger charge is 2.48. The predicted molar refractivity (Wildman–Crippen MR) is 235 cm³/mol. The van der Waals surface area contributed by atoms with Gasteiger partial charge in [0.1, 0.15) is 6.54 Å². The molecule has 2 aromatic carbocycles. The van der Waals surface area contributed by atoms with E-state index in [4.69, 9.17) is 19.3 Å². The summed E-state index contributed by atoms with van der Waals surface area (Å²) in [5, 5.41) is 9.11. The Morgan fingerprint density at radius 2 is 1.35 bits per heavy atom. The van der Waals surface area contributed by atoms with Crippen LogP contribution in [0.5, 0.6) is 0 Å². The number of benzene rings is 2. The Bertz CT molecular complexity index is 2410. The largest absolute Gasteiger partial charge is 0.481 e. The van der Waals surface area contributed by atoms with Gasteiger partial charge in [-0.05, 0) is 94.8 Å². The fourth-order valence-corrected chi connectivity index (χ4v) is 9.57. The fraction of sp³-hybridized carbons (Fsp3) is 0.488. The normalized spacial score (nSPS) is 20.1. The van der Waals surface area contributed by atoms with Crippen LogP contribution in [-0.4, -0.2) is 119 Å². The van der Waals surface area contributed by atoms with E-state index in [2.05, 4.69) is 4.90 Å². The second-order valence-electron chi connectivity index (χ2n) is 15.5. The zero-order chi connectivity index (χ0) is 45.8. The molecule has 2 unspecified atom stereocenters. The lowest BCUT2D eigenvalue weighted by molar-refractivity contribution is -0.438. The Hall–Kier alpha value is -4.05. The van der Waals surface area contributed by atoms with Gasteiger partial charge in [0.15, 0.2) is 5.71 Å². The number of nitrogens with zero attached hydrogens (tertiary/aromatic N) is 2. The van der Waals surface area contributed by atoms with E-state index in [0.29, 0.717) is 83.1 Å². The SMILES string of the molecule is CCN1/C(=C/C=C/C=C/C=C/C2=[N+](CCCCCC(=O)O)c3ccc(S(=O)(=O)O)cc3C2(C)CCCS(=O)(=O)O)C(C)(CCOCCOCCOC)c2cc(S(=O)(=O)O)ccc21. The number of rotatable bonds is 26. The number of aliphatic carboxylic acids is 1. The molecule has 0 bridgehead atoms. The molecule has 342 valence electrons. The maximum atomic E-state index is 12.2. The molecule has 4 N–H and O–H groups in total. The van der Waals surface area contributed by atoms with Gasteiger partial charge in [-0.2, -0.15) is 29.8 Å². The van der Waals surface area contributed by atoms with Crippen LogP contribution < -0.4 is 4.90 Å². The Morgan fingerprint density at radius 1 is 0.742 bits per heavy atom. The maximum Gasteiger partial charge on any atom is 0.303 e. The van der Waals surface area contributed by atoms with E-state index in [1.165, 1.54) is 24.3 Å². The minimum atomic E-state index is -4.58. The summed E-state index contributed by atoms with van der Waals surface area (Å²) in [5.41, 5.74) is 2.72.